The van der Waals surface area contributed by atoms with Gasteiger partial charge in [-0.15, -0.1) is 10.2 Å². The molecule has 0 amide bonds. The maximum absolute atomic E-state index is 8.92. The van der Waals surface area contributed by atoms with Crippen LogP contribution < -0.4 is 4.90 Å². The van der Waals surface area contributed by atoms with Crippen molar-refractivity contribution in [1.82, 2.24) is 34.3 Å². The fraction of sp³-hybridized carbons (Fsp3) is 0.500. The molecule has 5 rings (SSSR count). The Hall–Kier alpha value is -3.28. The Morgan fingerprint density at radius 3 is 2.79 bits per heavy atom. The van der Waals surface area contributed by atoms with Crippen molar-refractivity contribution in [3.05, 3.63) is 36.1 Å². The fourth-order valence-electron chi connectivity index (χ4n) is 4.63. The van der Waals surface area contributed by atoms with Crippen molar-refractivity contribution in [1.29, 1.82) is 5.26 Å². The SMILES string of the molecule is CCC1c2nnc(C)n2-c2cnc(-n3cnc(CC#N)c3)nc2N1C1CCCC1. The van der Waals surface area contributed by atoms with E-state index in [1.165, 1.54) is 25.7 Å². The summed E-state index contributed by atoms with van der Waals surface area (Å²) in [5.41, 5.74) is 1.64. The molecule has 1 aliphatic carbocycles. The summed E-state index contributed by atoms with van der Waals surface area (Å²) >= 11 is 0. The summed E-state index contributed by atoms with van der Waals surface area (Å²) in [6.07, 6.45) is 11.4. The van der Waals surface area contributed by atoms with Crippen molar-refractivity contribution in [3.8, 4) is 17.7 Å². The molecule has 148 valence electrons. The number of rotatable bonds is 4. The average molecular weight is 389 g/mol. The topological polar surface area (TPSA) is 101 Å². The standard InChI is InChI=1S/C20H23N9/c1-3-16-19-26-25-13(2)28(19)17-10-22-20(27-11-14(8-9-21)23-12-27)24-18(17)29(16)15-6-4-5-7-15/h10-12,15-16H,3-8H2,1-2H3. The molecule has 0 N–H and O–H groups in total. The Labute approximate surface area is 169 Å². The quantitative estimate of drug-likeness (QED) is 0.676. The van der Waals surface area contributed by atoms with E-state index < -0.39 is 0 Å². The maximum Gasteiger partial charge on any atom is 0.236 e. The molecular formula is C20H23N9. The first-order chi connectivity index (χ1) is 14.2. The Morgan fingerprint density at radius 2 is 2.03 bits per heavy atom. The molecule has 3 aromatic rings. The van der Waals surface area contributed by atoms with E-state index in [1.807, 2.05) is 19.3 Å². The van der Waals surface area contributed by atoms with Crippen LogP contribution in [0.25, 0.3) is 11.6 Å². The van der Waals surface area contributed by atoms with Crippen LogP contribution in [0.1, 0.15) is 62.4 Å². The van der Waals surface area contributed by atoms with Crippen LogP contribution >= 0.6 is 0 Å². The Morgan fingerprint density at radius 1 is 1.21 bits per heavy atom. The monoisotopic (exact) mass is 389 g/mol. The molecule has 9 nitrogen and oxygen atoms in total. The molecular weight excluding hydrogens is 366 g/mol. The highest BCUT2D eigenvalue weighted by atomic mass is 15.4. The first kappa shape index (κ1) is 17.8. The lowest BCUT2D eigenvalue weighted by atomic mass is 10.0. The zero-order valence-electron chi connectivity index (χ0n) is 16.7. The second-order valence-electron chi connectivity index (χ2n) is 7.70. The number of hydrogen-bond donors (Lipinski definition) is 0. The summed E-state index contributed by atoms with van der Waals surface area (Å²) in [7, 11) is 0. The van der Waals surface area contributed by atoms with Crippen molar-refractivity contribution >= 4 is 5.82 Å². The van der Waals surface area contributed by atoms with Crippen LogP contribution in [-0.2, 0) is 6.42 Å². The van der Waals surface area contributed by atoms with E-state index in [2.05, 4.69) is 42.6 Å². The van der Waals surface area contributed by atoms with Crippen molar-refractivity contribution in [2.75, 3.05) is 4.90 Å². The number of nitrogens with zero attached hydrogens (tertiary/aromatic N) is 9. The van der Waals surface area contributed by atoms with Crippen LogP contribution in [0.15, 0.2) is 18.7 Å². The fourth-order valence-corrected chi connectivity index (χ4v) is 4.63. The predicted molar refractivity (Wildman–Crippen MR) is 106 cm³/mol. The summed E-state index contributed by atoms with van der Waals surface area (Å²) in [5, 5.41) is 17.8. The van der Waals surface area contributed by atoms with E-state index >= 15 is 0 Å². The summed E-state index contributed by atoms with van der Waals surface area (Å²) in [6.45, 7) is 4.16. The first-order valence-electron chi connectivity index (χ1n) is 10.2. The molecule has 0 aromatic carbocycles. The molecule has 4 heterocycles. The third-order valence-electron chi connectivity index (χ3n) is 5.94. The Kier molecular flexibility index (Phi) is 4.27. The first-order valence-corrected chi connectivity index (χ1v) is 10.2. The molecule has 0 spiro atoms. The molecule has 9 heteroatoms. The molecule has 1 fully saturated rings. The number of nitriles is 1. The van der Waals surface area contributed by atoms with Gasteiger partial charge < -0.3 is 4.90 Å². The van der Waals surface area contributed by atoms with Crippen LogP contribution in [0.3, 0.4) is 0 Å². The molecule has 0 bridgehead atoms. The van der Waals surface area contributed by atoms with Gasteiger partial charge in [0.05, 0.1) is 30.4 Å². The molecule has 1 saturated carbocycles. The minimum absolute atomic E-state index is 0.145. The number of anilines is 1. The lowest BCUT2D eigenvalue weighted by Crippen LogP contribution is -2.42. The number of imidazole rings is 1. The van der Waals surface area contributed by atoms with Gasteiger partial charge in [-0.25, -0.2) is 9.97 Å². The highest BCUT2D eigenvalue weighted by Crippen LogP contribution is 2.43. The third-order valence-corrected chi connectivity index (χ3v) is 5.94. The minimum atomic E-state index is 0.145. The van der Waals surface area contributed by atoms with Gasteiger partial charge in [0.15, 0.2) is 11.6 Å². The molecule has 0 saturated heterocycles. The average Bonchev–Trinajstić information content (AvgIpc) is 3.48. The van der Waals surface area contributed by atoms with Gasteiger partial charge in [-0.2, -0.15) is 10.2 Å². The minimum Gasteiger partial charge on any atom is -0.341 e. The van der Waals surface area contributed by atoms with Crippen LogP contribution in [0.5, 0.6) is 0 Å². The summed E-state index contributed by atoms with van der Waals surface area (Å²) in [6, 6.07) is 2.72. The van der Waals surface area contributed by atoms with Gasteiger partial charge in [-0.3, -0.25) is 9.13 Å². The van der Waals surface area contributed by atoms with Crippen LogP contribution in [0.2, 0.25) is 0 Å². The van der Waals surface area contributed by atoms with Crippen LogP contribution in [0.4, 0.5) is 5.82 Å². The Bertz CT molecular complexity index is 1080. The summed E-state index contributed by atoms with van der Waals surface area (Å²) in [4.78, 5) is 16.3. The zero-order chi connectivity index (χ0) is 20.0. The van der Waals surface area contributed by atoms with Gasteiger partial charge in [-0.1, -0.05) is 19.8 Å². The van der Waals surface area contributed by atoms with Crippen molar-refractivity contribution in [3.63, 3.8) is 0 Å². The summed E-state index contributed by atoms with van der Waals surface area (Å²) in [5.74, 6) is 3.31. The second kappa shape index (κ2) is 6.95. The van der Waals surface area contributed by atoms with E-state index in [-0.39, 0.29) is 12.5 Å². The molecule has 3 aromatic heterocycles. The largest absolute Gasteiger partial charge is 0.341 e. The van der Waals surface area contributed by atoms with Gasteiger partial charge in [0.25, 0.3) is 0 Å². The van der Waals surface area contributed by atoms with Crippen LogP contribution in [-0.4, -0.2) is 40.3 Å². The number of fused-ring (bicyclic) bond motifs is 3. The lowest BCUT2D eigenvalue weighted by Gasteiger charge is -2.41. The number of aromatic nitrogens is 7. The molecule has 0 radical (unpaired) electrons. The van der Waals surface area contributed by atoms with Crippen LogP contribution in [0, 0.1) is 18.3 Å². The number of aryl methyl sites for hydroxylation is 1. The zero-order valence-corrected chi connectivity index (χ0v) is 16.7. The van der Waals surface area contributed by atoms with Crippen molar-refractivity contribution in [2.45, 2.75) is 64.5 Å². The van der Waals surface area contributed by atoms with E-state index in [0.29, 0.717) is 17.7 Å². The molecule has 1 aliphatic heterocycles. The highest BCUT2D eigenvalue weighted by molar-refractivity contribution is 5.63. The van der Waals surface area contributed by atoms with E-state index in [1.54, 1.807) is 10.9 Å². The van der Waals surface area contributed by atoms with Gasteiger partial charge in [-0.05, 0) is 26.2 Å². The van der Waals surface area contributed by atoms with E-state index in [4.69, 9.17) is 10.2 Å². The maximum atomic E-state index is 8.92. The number of hydrogen-bond acceptors (Lipinski definition) is 7. The molecule has 1 atom stereocenters. The smallest absolute Gasteiger partial charge is 0.236 e. The lowest BCUT2D eigenvalue weighted by molar-refractivity contribution is 0.467. The van der Waals surface area contributed by atoms with Crippen molar-refractivity contribution < 1.29 is 0 Å². The van der Waals surface area contributed by atoms with E-state index in [9.17, 15) is 0 Å². The molecule has 1 unspecified atom stereocenters. The van der Waals surface area contributed by atoms with Gasteiger partial charge in [0.1, 0.15) is 17.8 Å². The van der Waals surface area contributed by atoms with Gasteiger partial charge in [0.2, 0.25) is 5.95 Å². The molecule has 2 aliphatic rings. The normalized spacial score (nSPS) is 18.5. The highest BCUT2D eigenvalue weighted by Gasteiger charge is 2.39. The summed E-state index contributed by atoms with van der Waals surface area (Å²) < 4.78 is 3.88. The van der Waals surface area contributed by atoms with Gasteiger partial charge in [0, 0.05) is 12.2 Å². The molecule has 29 heavy (non-hydrogen) atoms. The third kappa shape index (κ3) is 2.78. The Balaban J connectivity index is 1.66. The van der Waals surface area contributed by atoms with Crippen molar-refractivity contribution in [2.24, 2.45) is 0 Å². The predicted octanol–water partition coefficient (Wildman–Crippen LogP) is 2.83. The second-order valence-corrected chi connectivity index (χ2v) is 7.70. The van der Waals surface area contributed by atoms with Gasteiger partial charge >= 0.3 is 0 Å². The van der Waals surface area contributed by atoms with E-state index in [0.717, 1.165) is 29.6 Å².